The van der Waals surface area contributed by atoms with Gasteiger partial charge >= 0.3 is 5.97 Å². The molecule has 0 bridgehead atoms. The number of carbonyl (C=O) groups is 2. The van der Waals surface area contributed by atoms with Crippen molar-refractivity contribution in [3.8, 4) is 16.2 Å². The van der Waals surface area contributed by atoms with E-state index < -0.39 is 11.4 Å². The van der Waals surface area contributed by atoms with E-state index in [0.29, 0.717) is 23.5 Å². The van der Waals surface area contributed by atoms with Crippen LogP contribution in [-0.2, 0) is 4.79 Å². The number of aliphatic carboxylic acids is 1. The zero-order valence-corrected chi connectivity index (χ0v) is 13.5. The van der Waals surface area contributed by atoms with Gasteiger partial charge in [0.05, 0.1) is 12.5 Å². The van der Waals surface area contributed by atoms with Crippen LogP contribution in [0.15, 0.2) is 36.4 Å². The average molecular weight is 331 g/mol. The Labute approximate surface area is 137 Å². The number of benzene rings is 1. The van der Waals surface area contributed by atoms with Crippen LogP contribution in [-0.4, -0.2) is 30.6 Å². The highest BCUT2D eigenvalue weighted by Crippen LogP contribution is 2.45. The lowest BCUT2D eigenvalue weighted by Crippen LogP contribution is -2.33. The van der Waals surface area contributed by atoms with Crippen molar-refractivity contribution < 1.29 is 19.4 Å². The van der Waals surface area contributed by atoms with Crippen molar-refractivity contribution in [1.29, 1.82) is 0 Å². The number of rotatable bonds is 6. The van der Waals surface area contributed by atoms with Gasteiger partial charge in [-0.25, -0.2) is 0 Å². The molecule has 0 radical (unpaired) electrons. The number of ether oxygens (including phenoxy) is 1. The summed E-state index contributed by atoms with van der Waals surface area (Å²) in [6.45, 7) is 0.156. The van der Waals surface area contributed by atoms with Gasteiger partial charge in [-0.05, 0) is 24.5 Å². The van der Waals surface area contributed by atoms with Crippen LogP contribution in [0.25, 0.3) is 10.4 Å². The molecular weight excluding hydrogens is 314 g/mol. The largest absolute Gasteiger partial charge is 0.495 e. The highest BCUT2D eigenvalue weighted by Gasteiger charge is 2.50. The van der Waals surface area contributed by atoms with Crippen LogP contribution in [0.1, 0.15) is 22.5 Å². The van der Waals surface area contributed by atoms with Gasteiger partial charge in [0.1, 0.15) is 10.6 Å². The molecule has 1 heterocycles. The van der Waals surface area contributed by atoms with Crippen molar-refractivity contribution >= 4 is 23.2 Å². The molecule has 1 aliphatic carbocycles. The first-order chi connectivity index (χ1) is 11.1. The third kappa shape index (κ3) is 3.07. The fourth-order valence-corrected chi connectivity index (χ4v) is 3.42. The summed E-state index contributed by atoms with van der Waals surface area (Å²) in [7, 11) is 1.52. The maximum atomic E-state index is 12.4. The van der Waals surface area contributed by atoms with Gasteiger partial charge in [0, 0.05) is 11.4 Å². The lowest BCUT2D eigenvalue weighted by molar-refractivity contribution is -0.143. The minimum atomic E-state index is -0.846. The molecule has 0 atom stereocenters. The molecule has 0 saturated heterocycles. The minimum Gasteiger partial charge on any atom is -0.495 e. The minimum absolute atomic E-state index is 0.156. The Hall–Kier alpha value is -2.34. The third-order valence-electron chi connectivity index (χ3n) is 4.08. The van der Waals surface area contributed by atoms with Gasteiger partial charge in [-0.15, -0.1) is 11.3 Å². The molecule has 1 aromatic carbocycles. The maximum Gasteiger partial charge on any atom is 0.311 e. The van der Waals surface area contributed by atoms with E-state index in [-0.39, 0.29) is 12.5 Å². The summed E-state index contributed by atoms with van der Waals surface area (Å²) in [4.78, 5) is 25.0. The van der Waals surface area contributed by atoms with Crippen LogP contribution >= 0.6 is 11.3 Å². The van der Waals surface area contributed by atoms with Gasteiger partial charge in [0.15, 0.2) is 0 Å². The predicted octanol–water partition coefficient (Wildman–Crippen LogP) is 3.02. The van der Waals surface area contributed by atoms with Gasteiger partial charge in [-0.1, -0.05) is 30.3 Å². The smallest absolute Gasteiger partial charge is 0.311 e. The van der Waals surface area contributed by atoms with E-state index in [1.165, 1.54) is 18.4 Å². The lowest BCUT2D eigenvalue weighted by Gasteiger charge is -2.10. The monoisotopic (exact) mass is 331 g/mol. The summed E-state index contributed by atoms with van der Waals surface area (Å²) >= 11 is 1.34. The van der Waals surface area contributed by atoms with Crippen molar-refractivity contribution in [2.75, 3.05) is 13.7 Å². The molecule has 3 rings (SSSR count). The molecule has 0 unspecified atom stereocenters. The molecule has 0 spiro atoms. The van der Waals surface area contributed by atoms with E-state index in [1.807, 2.05) is 36.4 Å². The SMILES string of the molecule is COc1cc(-c2ccccc2)sc1C(=O)NCC1(C(=O)O)CC1. The fourth-order valence-electron chi connectivity index (χ4n) is 2.38. The standard InChI is InChI=1S/C17H17NO4S/c1-22-12-9-13(11-5-3-2-4-6-11)23-14(12)15(19)18-10-17(7-8-17)16(20)21/h2-6,9H,7-8,10H2,1H3,(H,18,19)(H,20,21). The quantitative estimate of drug-likeness (QED) is 0.853. The molecule has 120 valence electrons. The van der Waals surface area contributed by atoms with Gasteiger partial charge in [0.2, 0.25) is 0 Å². The molecule has 5 nitrogen and oxygen atoms in total. The maximum absolute atomic E-state index is 12.4. The van der Waals surface area contributed by atoms with E-state index in [9.17, 15) is 9.59 Å². The van der Waals surface area contributed by atoms with Crippen LogP contribution in [0.5, 0.6) is 5.75 Å². The Morgan fingerprint density at radius 2 is 2.00 bits per heavy atom. The van der Waals surface area contributed by atoms with Crippen LogP contribution in [0.3, 0.4) is 0 Å². The Balaban J connectivity index is 1.78. The third-order valence-corrected chi connectivity index (χ3v) is 5.24. The van der Waals surface area contributed by atoms with Crippen molar-refractivity contribution in [3.63, 3.8) is 0 Å². The zero-order chi connectivity index (χ0) is 16.4. The summed E-state index contributed by atoms with van der Waals surface area (Å²) in [6.07, 6.45) is 1.22. The number of hydrogen-bond donors (Lipinski definition) is 2. The highest BCUT2D eigenvalue weighted by atomic mass is 32.1. The first-order valence-electron chi connectivity index (χ1n) is 7.30. The molecule has 2 aromatic rings. The first-order valence-corrected chi connectivity index (χ1v) is 8.12. The second-order valence-corrected chi connectivity index (χ2v) is 6.69. The van der Waals surface area contributed by atoms with Crippen LogP contribution in [0.2, 0.25) is 0 Å². The Morgan fingerprint density at radius 1 is 1.30 bits per heavy atom. The number of methoxy groups -OCH3 is 1. The molecule has 23 heavy (non-hydrogen) atoms. The second-order valence-electron chi connectivity index (χ2n) is 5.64. The van der Waals surface area contributed by atoms with Crippen molar-refractivity contribution in [2.45, 2.75) is 12.8 Å². The van der Waals surface area contributed by atoms with Crippen LogP contribution in [0, 0.1) is 5.41 Å². The number of thiophene rings is 1. The lowest BCUT2D eigenvalue weighted by atomic mass is 10.1. The molecule has 2 N–H and O–H groups in total. The molecule has 1 fully saturated rings. The molecule has 1 saturated carbocycles. The molecule has 0 aliphatic heterocycles. The number of nitrogens with one attached hydrogen (secondary N) is 1. The van der Waals surface area contributed by atoms with Gasteiger partial charge in [-0.3, -0.25) is 9.59 Å². The van der Waals surface area contributed by atoms with E-state index in [0.717, 1.165) is 10.4 Å². The van der Waals surface area contributed by atoms with Gasteiger partial charge in [-0.2, -0.15) is 0 Å². The van der Waals surface area contributed by atoms with E-state index in [4.69, 9.17) is 9.84 Å². The van der Waals surface area contributed by atoms with Crippen molar-refractivity contribution in [3.05, 3.63) is 41.3 Å². The Morgan fingerprint density at radius 3 is 2.57 bits per heavy atom. The zero-order valence-electron chi connectivity index (χ0n) is 12.7. The number of carboxylic acid groups (broad SMARTS) is 1. The number of carboxylic acids is 1. The molecule has 1 amide bonds. The summed E-state index contributed by atoms with van der Waals surface area (Å²) in [5.41, 5.74) is 0.238. The Bertz CT molecular complexity index is 734. The highest BCUT2D eigenvalue weighted by molar-refractivity contribution is 7.17. The van der Waals surface area contributed by atoms with E-state index in [1.54, 1.807) is 0 Å². The molecule has 1 aromatic heterocycles. The first kappa shape index (κ1) is 15.6. The summed E-state index contributed by atoms with van der Waals surface area (Å²) < 4.78 is 5.30. The molecule has 1 aliphatic rings. The van der Waals surface area contributed by atoms with Crippen LogP contribution in [0.4, 0.5) is 0 Å². The van der Waals surface area contributed by atoms with Gasteiger partial charge < -0.3 is 15.2 Å². The number of hydrogen-bond acceptors (Lipinski definition) is 4. The van der Waals surface area contributed by atoms with Crippen LogP contribution < -0.4 is 10.1 Å². The normalized spacial score (nSPS) is 15.0. The number of amides is 1. The summed E-state index contributed by atoms with van der Waals surface area (Å²) in [5.74, 6) is -0.631. The van der Waals surface area contributed by atoms with Gasteiger partial charge in [0.25, 0.3) is 5.91 Å². The molecule has 6 heteroatoms. The van der Waals surface area contributed by atoms with E-state index in [2.05, 4.69) is 5.32 Å². The fraction of sp³-hybridized carbons (Fsp3) is 0.294. The van der Waals surface area contributed by atoms with Crippen molar-refractivity contribution in [2.24, 2.45) is 5.41 Å². The second kappa shape index (κ2) is 6.04. The van der Waals surface area contributed by atoms with Crippen molar-refractivity contribution in [1.82, 2.24) is 5.32 Å². The van der Waals surface area contributed by atoms with E-state index >= 15 is 0 Å². The summed E-state index contributed by atoms with van der Waals surface area (Å²) in [6, 6.07) is 11.6. The Kier molecular flexibility index (Phi) is 4.09. The summed E-state index contributed by atoms with van der Waals surface area (Å²) in [5, 5.41) is 11.9. The predicted molar refractivity (Wildman–Crippen MR) is 87.9 cm³/mol. The molecular formula is C17H17NO4S. The number of carbonyl (C=O) groups excluding carboxylic acids is 1. The topological polar surface area (TPSA) is 75.6 Å². The average Bonchev–Trinajstić information content (AvgIpc) is 3.24.